The van der Waals surface area contributed by atoms with Gasteiger partial charge in [0.15, 0.2) is 0 Å². The van der Waals surface area contributed by atoms with Crippen LogP contribution in [0.25, 0.3) is 0 Å². The lowest BCUT2D eigenvalue weighted by atomic mass is 10.0. The average molecular weight is 303 g/mol. The molecule has 2 N–H and O–H groups in total. The molecule has 0 aromatic heterocycles. The predicted molar refractivity (Wildman–Crippen MR) is 77.9 cm³/mol. The topological polar surface area (TPSA) is 64.7 Å². The first-order chi connectivity index (χ1) is 8.97. The summed E-state index contributed by atoms with van der Waals surface area (Å²) in [6.45, 7) is 9.19. The van der Waals surface area contributed by atoms with Crippen LogP contribution in [-0.2, 0) is 4.79 Å². The van der Waals surface area contributed by atoms with Crippen LogP contribution in [-0.4, -0.2) is 66.5 Å². The Kier molecular flexibility index (Phi) is 4.27. The standard InChI is InChI=1S/C13H22N4O2.ClH/c1-13(2)11(18)17(12(19)15-13)4-3-16-7-9-5-14-6-10(9)8-16;/h9-10,14H,3-8H2,1-2H3,(H,15,19);1H/t9-,10+;. The molecular weight excluding hydrogens is 280 g/mol. The molecule has 0 bridgehead atoms. The zero-order chi connectivity index (χ0) is 13.6. The Morgan fingerprint density at radius 2 is 1.75 bits per heavy atom. The molecule has 0 saturated carbocycles. The summed E-state index contributed by atoms with van der Waals surface area (Å²) in [4.78, 5) is 27.5. The van der Waals surface area contributed by atoms with Crippen molar-refractivity contribution in [3.8, 4) is 0 Å². The van der Waals surface area contributed by atoms with Crippen LogP contribution in [0.4, 0.5) is 4.79 Å². The summed E-state index contributed by atoms with van der Waals surface area (Å²) in [7, 11) is 0. The van der Waals surface area contributed by atoms with Gasteiger partial charge in [0.25, 0.3) is 5.91 Å². The van der Waals surface area contributed by atoms with E-state index in [-0.39, 0.29) is 24.3 Å². The number of carbonyl (C=O) groups is 2. The van der Waals surface area contributed by atoms with Gasteiger partial charge in [0.1, 0.15) is 5.54 Å². The van der Waals surface area contributed by atoms with Crippen LogP contribution in [0.2, 0.25) is 0 Å². The van der Waals surface area contributed by atoms with Gasteiger partial charge in [0.05, 0.1) is 0 Å². The molecule has 3 saturated heterocycles. The molecule has 6 nitrogen and oxygen atoms in total. The molecule has 3 rings (SSSR count). The van der Waals surface area contributed by atoms with Crippen molar-refractivity contribution < 1.29 is 9.59 Å². The molecular formula is C13H23ClN4O2. The quantitative estimate of drug-likeness (QED) is 0.714. The van der Waals surface area contributed by atoms with Crippen molar-refractivity contribution in [3.05, 3.63) is 0 Å². The number of nitrogens with one attached hydrogen (secondary N) is 2. The van der Waals surface area contributed by atoms with Crippen molar-refractivity contribution in [1.29, 1.82) is 0 Å². The highest BCUT2D eigenvalue weighted by Crippen LogP contribution is 2.26. The highest BCUT2D eigenvalue weighted by Gasteiger charge is 2.44. The Balaban J connectivity index is 0.00000147. The Bertz CT molecular complexity index is 403. The van der Waals surface area contributed by atoms with E-state index < -0.39 is 5.54 Å². The second-order valence-corrected chi connectivity index (χ2v) is 6.45. The van der Waals surface area contributed by atoms with E-state index in [1.807, 2.05) is 0 Å². The monoisotopic (exact) mass is 302 g/mol. The second-order valence-electron chi connectivity index (χ2n) is 6.45. The SMILES string of the molecule is CC1(C)NC(=O)N(CCN2C[C@H]3CNC[C@H]3C2)C1=O.Cl. The highest BCUT2D eigenvalue weighted by atomic mass is 35.5. The van der Waals surface area contributed by atoms with E-state index in [2.05, 4.69) is 15.5 Å². The van der Waals surface area contributed by atoms with Crippen LogP contribution in [0.3, 0.4) is 0 Å². The lowest BCUT2D eigenvalue weighted by Gasteiger charge is -2.21. The molecule has 0 radical (unpaired) electrons. The Labute approximate surface area is 125 Å². The van der Waals surface area contributed by atoms with Gasteiger partial charge in [-0.25, -0.2) is 4.79 Å². The van der Waals surface area contributed by atoms with E-state index in [0.717, 1.165) is 44.6 Å². The zero-order valence-corrected chi connectivity index (χ0v) is 12.8. The number of imide groups is 1. The van der Waals surface area contributed by atoms with Gasteiger partial charge in [0, 0.05) is 26.2 Å². The van der Waals surface area contributed by atoms with Crippen LogP contribution < -0.4 is 10.6 Å². The van der Waals surface area contributed by atoms with Crippen molar-refractivity contribution in [1.82, 2.24) is 20.4 Å². The van der Waals surface area contributed by atoms with Crippen LogP contribution in [0.1, 0.15) is 13.8 Å². The van der Waals surface area contributed by atoms with Gasteiger partial charge in [-0.2, -0.15) is 0 Å². The van der Waals surface area contributed by atoms with E-state index >= 15 is 0 Å². The number of urea groups is 1. The van der Waals surface area contributed by atoms with Crippen LogP contribution in [0.5, 0.6) is 0 Å². The number of hydrogen-bond acceptors (Lipinski definition) is 4. The number of likely N-dealkylation sites (tertiary alicyclic amines) is 1. The Morgan fingerprint density at radius 1 is 1.15 bits per heavy atom. The third kappa shape index (κ3) is 2.64. The zero-order valence-electron chi connectivity index (χ0n) is 12.0. The molecule has 0 unspecified atom stereocenters. The summed E-state index contributed by atoms with van der Waals surface area (Å²) in [5, 5.41) is 6.13. The first-order valence-electron chi connectivity index (χ1n) is 7.04. The van der Waals surface area contributed by atoms with Crippen molar-refractivity contribution in [2.24, 2.45) is 11.8 Å². The number of halogens is 1. The summed E-state index contributed by atoms with van der Waals surface area (Å²) >= 11 is 0. The maximum atomic E-state index is 12.1. The van der Waals surface area contributed by atoms with Crippen LogP contribution in [0.15, 0.2) is 0 Å². The van der Waals surface area contributed by atoms with Gasteiger partial charge in [-0.15, -0.1) is 12.4 Å². The molecule has 3 aliphatic rings. The smallest absolute Gasteiger partial charge is 0.324 e. The molecule has 0 spiro atoms. The minimum absolute atomic E-state index is 0. The number of nitrogens with zero attached hydrogens (tertiary/aromatic N) is 2. The van der Waals surface area contributed by atoms with Crippen molar-refractivity contribution in [2.45, 2.75) is 19.4 Å². The van der Waals surface area contributed by atoms with Crippen LogP contribution >= 0.6 is 12.4 Å². The normalized spacial score (nSPS) is 32.2. The fourth-order valence-corrected chi connectivity index (χ4v) is 3.40. The Hall–Kier alpha value is -0.850. The first-order valence-corrected chi connectivity index (χ1v) is 7.04. The van der Waals surface area contributed by atoms with Gasteiger partial charge >= 0.3 is 6.03 Å². The average Bonchev–Trinajstić information content (AvgIpc) is 2.92. The van der Waals surface area contributed by atoms with E-state index in [4.69, 9.17) is 0 Å². The highest BCUT2D eigenvalue weighted by molar-refractivity contribution is 6.06. The number of rotatable bonds is 3. The minimum atomic E-state index is -0.747. The summed E-state index contributed by atoms with van der Waals surface area (Å²) < 4.78 is 0. The summed E-state index contributed by atoms with van der Waals surface area (Å²) in [5.41, 5.74) is -0.747. The van der Waals surface area contributed by atoms with E-state index in [1.54, 1.807) is 13.8 Å². The first kappa shape index (κ1) is 15.5. The maximum Gasteiger partial charge on any atom is 0.325 e. The number of hydrogen-bond donors (Lipinski definition) is 2. The fraction of sp³-hybridized carbons (Fsp3) is 0.846. The molecule has 2 atom stereocenters. The third-order valence-corrected chi connectivity index (χ3v) is 4.55. The minimum Gasteiger partial charge on any atom is -0.324 e. The van der Waals surface area contributed by atoms with Gasteiger partial charge in [0.2, 0.25) is 0 Å². The fourth-order valence-electron chi connectivity index (χ4n) is 3.40. The van der Waals surface area contributed by atoms with Crippen molar-refractivity contribution >= 4 is 24.3 Å². The molecule has 0 aromatic carbocycles. The molecule has 114 valence electrons. The van der Waals surface area contributed by atoms with Gasteiger partial charge < -0.3 is 15.5 Å². The number of amides is 3. The molecule has 7 heteroatoms. The summed E-state index contributed by atoms with van der Waals surface area (Å²) in [6, 6.07) is -0.254. The lowest BCUT2D eigenvalue weighted by Crippen LogP contribution is -2.42. The molecule has 3 heterocycles. The molecule has 3 aliphatic heterocycles. The van der Waals surface area contributed by atoms with Gasteiger partial charge in [-0.05, 0) is 38.8 Å². The van der Waals surface area contributed by atoms with Crippen molar-refractivity contribution in [2.75, 3.05) is 39.3 Å². The number of carbonyl (C=O) groups excluding carboxylic acids is 2. The van der Waals surface area contributed by atoms with E-state index in [1.165, 1.54) is 4.90 Å². The predicted octanol–water partition coefficient (Wildman–Crippen LogP) is -0.110. The Morgan fingerprint density at radius 3 is 2.25 bits per heavy atom. The molecule has 3 fully saturated rings. The van der Waals surface area contributed by atoms with Crippen LogP contribution in [0, 0.1) is 11.8 Å². The second kappa shape index (κ2) is 5.50. The summed E-state index contributed by atoms with van der Waals surface area (Å²) in [6.07, 6.45) is 0. The largest absolute Gasteiger partial charge is 0.325 e. The lowest BCUT2D eigenvalue weighted by molar-refractivity contribution is -0.130. The van der Waals surface area contributed by atoms with E-state index in [9.17, 15) is 9.59 Å². The van der Waals surface area contributed by atoms with Gasteiger partial charge in [-0.1, -0.05) is 0 Å². The van der Waals surface area contributed by atoms with E-state index in [0.29, 0.717) is 6.54 Å². The molecule has 20 heavy (non-hydrogen) atoms. The maximum absolute atomic E-state index is 12.1. The number of fused-ring (bicyclic) bond motifs is 1. The summed E-state index contributed by atoms with van der Waals surface area (Å²) in [5.74, 6) is 1.39. The molecule has 0 aliphatic carbocycles. The molecule has 3 amide bonds. The van der Waals surface area contributed by atoms with Crippen molar-refractivity contribution in [3.63, 3.8) is 0 Å². The molecule has 0 aromatic rings. The van der Waals surface area contributed by atoms with Gasteiger partial charge in [-0.3, -0.25) is 9.69 Å². The third-order valence-electron chi connectivity index (χ3n) is 4.55.